The molecule has 0 saturated heterocycles. The van der Waals surface area contributed by atoms with Crippen LogP contribution in [0.3, 0.4) is 0 Å². The quantitative estimate of drug-likeness (QED) is 0.858. The molecule has 0 aromatic heterocycles. The van der Waals surface area contributed by atoms with Crippen LogP contribution in [0.15, 0.2) is 42.5 Å². The van der Waals surface area contributed by atoms with E-state index in [0.29, 0.717) is 6.54 Å². The van der Waals surface area contributed by atoms with Crippen molar-refractivity contribution in [1.82, 2.24) is 4.90 Å². The molecule has 0 heterocycles. The lowest BCUT2D eigenvalue weighted by molar-refractivity contribution is -0.117. The maximum Gasteiger partial charge on any atom is 0.238 e. The Morgan fingerprint density at radius 3 is 2.74 bits per heavy atom. The van der Waals surface area contributed by atoms with E-state index in [-0.39, 0.29) is 19.1 Å². The topological polar surface area (TPSA) is 52.6 Å². The van der Waals surface area contributed by atoms with Crippen molar-refractivity contribution >= 4 is 22.4 Å². The molecule has 0 aliphatic carbocycles. The fourth-order valence-corrected chi connectivity index (χ4v) is 2.02. The van der Waals surface area contributed by atoms with Crippen LogP contribution in [0.5, 0.6) is 0 Å². The number of hydrogen-bond donors (Lipinski definition) is 2. The molecular formula is C15H18N2O2. The maximum atomic E-state index is 11.9. The Morgan fingerprint density at radius 2 is 1.95 bits per heavy atom. The van der Waals surface area contributed by atoms with Crippen molar-refractivity contribution in [2.24, 2.45) is 0 Å². The second-order valence-electron chi connectivity index (χ2n) is 4.54. The lowest BCUT2D eigenvalue weighted by atomic mass is 10.1. The second-order valence-corrected chi connectivity index (χ2v) is 4.54. The number of rotatable bonds is 5. The van der Waals surface area contributed by atoms with Gasteiger partial charge in [-0.25, -0.2) is 0 Å². The van der Waals surface area contributed by atoms with Crippen LogP contribution in [0.1, 0.15) is 0 Å². The Bertz CT molecular complexity index is 564. The van der Waals surface area contributed by atoms with Gasteiger partial charge in [-0.2, -0.15) is 0 Å². The van der Waals surface area contributed by atoms with Crippen molar-refractivity contribution in [2.45, 2.75) is 0 Å². The van der Waals surface area contributed by atoms with Crippen LogP contribution >= 0.6 is 0 Å². The molecule has 0 saturated carbocycles. The Morgan fingerprint density at radius 1 is 1.21 bits per heavy atom. The number of carbonyl (C=O) groups is 1. The summed E-state index contributed by atoms with van der Waals surface area (Å²) < 4.78 is 0. The number of nitrogens with zero attached hydrogens (tertiary/aromatic N) is 1. The summed E-state index contributed by atoms with van der Waals surface area (Å²) in [5, 5.41) is 13.9. The molecule has 0 bridgehead atoms. The number of carbonyl (C=O) groups excluding carboxylic acids is 1. The van der Waals surface area contributed by atoms with E-state index in [0.717, 1.165) is 16.5 Å². The standard InChI is InChI=1S/C15H18N2O2/c1-17(9-10-18)11-15(19)16-14-8-4-6-12-5-2-3-7-13(12)14/h2-8,18H,9-11H2,1H3,(H,16,19). The number of hydrogen-bond acceptors (Lipinski definition) is 3. The van der Waals surface area contributed by atoms with Crippen LogP contribution in [0.2, 0.25) is 0 Å². The monoisotopic (exact) mass is 258 g/mol. The van der Waals surface area contributed by atoms with Crippen LogP contribution in [0, 0.1) is 0 Å². The SMILES string of the molecule is CN(CCO)CC(=O)Nc1cccc2ccccc12. The van der Waals surface area contributed by atoms with Gasteiger partial charge in [0.05, 0.1) is 13.2 Å². The molecule has 0 aliphatic rings. The van der Waals surface area contributed by atoms with Crippen molar-refractivity contribution in [3.05, 3.63) is 42.5 Å². The van der Waals surface area contributed by atoms with Crippen molar-refractivity contribution in [1.29, 1.82) is 0 Å². The number of nitrogens with one attached hydrogen (secondary N) is 1. The fourth-order valence-electron chi connectivity index (χ4n) is 2.02. The van der Waals surface area contributed by atoms with E-state index in [1.165, 1.54) is 0 Å². The highest BCUT2D eigenvalue weighted by molar-refractivity contribution is 6.02. The molecule has 0 spiro atoms. The Kier molecular flexibility index (Phi) is 4.49. The predicted octanol–water partition coefficient (Wildman–Crippen LogP) is 1.70. The molecule has 4 heteroatoms. The number of aliphatic hydroxyl groups excluding tert-OH is 1. The van der Waals surface area contributed by atoms with Gasteiger partial charge in [-0.05, 0) is 18.5 Å². The average Bonchev–Trinajstić information content (AvgIpc) is 2.39. The van der Waals surface area contributed by atoms with Gasteiger partial charge in [0, 0.05) is 17.6 Å². The van der Waals surface area contributed by atoms with Crippen LogP contribution < -0.4 is 5.32 Å². The first-order valence-corrected chi connectivity index (χ1v) is 6.27. The maximum absolute atomic E-state index is 11.9. The zero-order valence-electron chi connectivity index (χ0n) is 11.0. The van der Waals surface area contributed by atoms with Gasteiger partial charge >= 0.3 is 0 Å². The van der Waals surface area contributed by atoms with E-state index in [9.17, 15) is 4.79 Å². The van der Waals surface area contributed by atoms with Crippen molar-refractivity contribution in [3.8, 4) is 0 Å². The molecule has 2 aromatic carbocycles. The van der Waals surface area contributed by atoms with E-state index >= 15 is 0 Å². The summed E-state index contributed by atoms with van der Waals surface area (Å²) >= 11 is 0. The number of benzene rings is 2. The van der Waals surface area contributed by atoms with Gasteiger partial charge < -0.3 is 10.4 Å². The molecule has 2 N–H and O–H groups in total. The summed E-state index contributed by atoms with van der Waals surface area (Å²) in [6, 6.07) is 13.8. The molecule has 0 unspecified atom stereocenters. The van der Waals surface area contributed by atoms with Crippen molar-refractivity contribution in [2.75, 3.05) is 32.1 Å². The molecule has 2 aromatic rings. The second kappa shape index (κ2) is 6.31. The molecule has 0 aliphatic heterocycles. The van der Waals surface area contributed by atoms with Gasteiger partial charge in [0.25, 0.3) is 0 Å². The molecule has 4 nitrogen and oxygen atoms in total. The van der Waals surface area contributed by atoms with Gasteiger partial charge in [0.2, 0.25) is 5.91 Å². The molecule has 1 amide bonds. The van der Waals surface area contributed by atoms with Gasteiger partial charge in [0.15, 0.2) is 0 Å². The zero-order chi connectivity index (χ0) is 13.7. The predicted molar refractivity (Wildman–Crippen MR) is 77.2 cm³/mol. The van der Waals surface area contributed by atoms with E-state index in [2.05, 4.69) is 5.32 Å². The van der Waals surface area contributed by atoms with Crippen LogP contribution in [0.4, 0.5) is 5.69 Å². The number of likely N-dealkylation sites (N-methyl/N-ethyl adjacent to an activating group) is 1. The lowest BCUT2D eigenvalue weighted by Gasteiger charge is -2.15. The molecule has 0 atom stereocenters. The third kappa shape index (κ3) is 3.53. The van der Waals surface area contributed by atoms with E-state index < -0.39 is 0 Å². The molecule has 100 valence electrons. The molecule has 0 fully saturated rings. The minimum Gasteiger partial charge on any atom is -0.395 e. The first-order valence-electron chi connectivity index (χ1n) is 6.27. The fraction of sp³-hybridized carbons (Fsp3) is 0.267. The first-order chi connectivity index (χ1) is 9.20. The Hall–Kier alpha value is -1.91. The summed E-state index contributed by atoms with van der Waals surface area (Å²) in [4.78, 5) is 13.7. The number of aliphatic hydroxyl groups is 1. The number of fused-ring (bicyclic) bond motifs is 1. The summed E-state index contributed by atoms with van der Waals surface area (Å²) in [5.74, 6) is -0.0766. The summed E-state index contributed by atoms with van der Waals surface area (Å²) in [6.07, 6.45) is 0. The van der Waals surface area contributed by atoms with Crippen molar-refractivity contribution in [3.63, 3.8) is 0 Å². The third-order valence-corrected chi connectivity index (χ3v) is 2.96. The summed E-state index contributed by atoms with van der Waals surface area (Å²) in [6.45, 7) is 0.810. The van der Waals surface area contributed by atoms with Gasteiger partial charge in [-0.3, -0.25) is 9.69 Å². The Labute approximate surface area is 112 Å². The highest BCUT2D eigenvalue weighted by Gasteiger charge is 2.08. The molecule has 0 radical (unpaired) electrons. The normalized spacial score (nSPS) is 10.9. The van der Waals surface area contributed by atoms with E-state index in [1.807, 2.05) is 42.5 Å². The lowest BCUT2D eigenvalue weighted by Crippen LogP contribution is -2.32. The first kappa shape index (κ1) is 13.5. The Balaban J connectivity index is 2.11. The smallest absolute Gasteiger partial charge is 0.238 e. The van der Waals surface area contributed by atoms with Crippen LogP contribution in [-0.4, -0.2) is 42.7 Å². The third-order valence-electron chi connectivity index (χ3n) is 2.96. The minimum absolute atomic E-state index is 0.0536. The highest BCUT2D eigenvalue weighted by Crippen LogP contribution is 2.22. The van der Waals surface area contributed by atoms with Gasteiger partial charge in [0.1, 0.15) is 0 Å². The zero-order valence-corrected chi connectivity index (χ0v) is 11.0. The number of amides is 1. The van der Waals surface area contributed by atoms with E-state index in [1.54, 1.807) is 11.9 Å². The van der Waals surface area contributed by atoms with Crippen molar-refractivity contribution < 1.29 is 9.90 Å². The molecule has 19 heavy (non-hydrogen) atoms. The summed E-state index contributed by atoms with van der Waals surface area (Å²) in [7, 11) is 1.80. The molecular weight excluding hydrogens is 240 g/mol. The van der Waals surface area contributed by atoms with E-state index in [4.69, 9.17) is 5.11 Å². The highest BCUT2D eigenvalue weighted by atomic mass is 16.3. The van der Waals surface area contributed by atoms with Crippen LogP contribution in [-0.2, 0) is 4.79 Å². The largest absolute Gasteiger partial charge is 0.395 e. The average molecular weight is 258 g/mol. The number of anilines is 1. The van der Waals surface area contributed by atoms with Gasteiger partial charge in [-0.15, -0.1) is 0 Å². The minimum atomic E-state index is -0.0766. The van der Waals surface area contributed by atoms with Gasteiger partial charge in [-0.1, -0.05) is 36.4 Å². The summed E-state index contributed by atoms with van der Waals surface area (Å²) in [5.41, 5.74) is 0.820. The molecule has 2 rings (SSSR count). The van der Waals surface area contributed by atoms with Crippen LogP contribution in [0.25, 0.3) is 10.8 Å².